The topological polar surface area (TPSA) is 55.1 Å². The molecule has 104 valence electrons. The lowest BCUT2D eigenvalue weighted by Crippen LogP contribution is -2.13. The summed E-state index contributed by atoms with van der Waals surface area (Å²) in [4.78, 5) is 12.0. The maximum absolute atomic E-state index is 11.7. The van der Waals surface area contributed by atoms with Crippen LogP contribution in [0.15, 0.2) is 18.2 Å². The number of benzene rings is 1. The zero-order valence-corrected chi connectivity index (χ0v) is 12.6. The van der Waals surface area contributed by atoms with Gasteiger partial charge in [-0.1, -0.05) is 50.0 Å². The van der Waals surface area contributed by atoms with Crippen molar-refractivity contribution in [3.63, 3.8) is 0 Å². The van der Waals surface area contributed by atoms with E-state index in [9.17, 15) is 4.79 Å². The quantitative estimate of drug-likeness (QED) is 0.593. The molecule has 0 unspecified atom stereocenters. The molecule has 1 rings (SSSR count). The van der Waals surface area contributed by atoms with Gasteiger partial charge in [0.15, 0.2) is 0 Å². The van der Waals surface area contributed by atoms with Gasteiger partial charge < -0.3 is 11.1 Å². The van der Waals surface area contributed by atoms with Gasteiger partial charge in [0.1, 0.15) is 4.99 Å². The minimum absolute atomic E-state index is 0.0129. The molecule has 5 heteroatoms. The van der Waals surface area contributed by atoms with Gasteiger partial charge in [-0.2, -0.15) is 0 Å². The summed E-state index contributed by atoms with van der Waals surface area (Å²) < 4.78 is 0. The molecule has 3 N–H and O–H groups in total. The zero-order chi connectivity index (χ0) is 14.3. The minimum Gasteiger partial charge on any atom is -0.389 e. The summed E-state index contributed by atoms with van der Waals surface area (Å²) in [6.45, 7) is 2.14. The van der Waals surface area contributed by atoms with Gasteiger partial charge in [-0.15, -0.1) is 0 Å². The number of hydrogen-bond acceptors (Lipinski definition) is 2. The second-order valence-corrected chi connectivity index (χ2v) is 5.26. The second-order valence-electron chi connectivity index (χ2n) is 4.42. The Balaban J connectivity index is 2.52. The monoisotopic (exact) mass is 298 g/mol. The molecular formula is C14H19ClN2OS. The van der Waals surface area contributed by atoms with E-state index in [0.717, 1.165) is 25.7 Å². The van der Waals surface area contributed by atoms with Crippen molar-refractivity contribution in [1.29, 1.82) is 0 Å². The maximum atomic E-state index is 11.7. The first-order valence-electron chi connectivity index (χ1n) is 6.43. The minimum atomic E-state index is -0.0129. The SMILES string of the molecule is CCCCCCC(=O)Nc1ccc(C(N)=S)cc1Cl. The molecule has 0 aliphatic heterocycles. The highest BCUT2D eigenvalue weighted by molar-refractivity contribution is 7.80. The number of rotatable bonds is 7. The molecule has 1 amide bonds. The average molecular weight is 299 g/mol. The molecule has 0 spiro atoms. The summed E-state index contributed by atoms with van der Waals surface area (Å²) >= 11 is 10.9. The van der Waals surface area contributed by atoms with Gasteiger partial charge in [-0.05, 0) is 24.6 Å². The van der Waals surface area contributed by atoms with Crippen molar-refractivity contribution in [2.75, 3.05) is 5.32 Å². The van der Waals surface area contributed by atoms with Crippen LogP contribution >= 0.6 is 23.8 Å². The first-order valence-corrected chi connectivity index (χ1v) is 7.22. The van der Waals surface area contributed by atoms with E-state index in [2.05, 4.69) is 12.2 Å². The van der Waals surface area contributed by atoms with Crippen molar-refractivity contribution in [3.8, 4) is 0 Å². The van der Waals surface area contributed by atoms with E-state index >= 15 is 0 Å². The molecule has 0 aliphatic carbocycles. The third-order valence-corrected chi connectivity index (χ3v) is 3.33. The smallest absolute Gasteiger partial charge is 0.224 e. The predicted molar refractivity (Wildman–Crippen MR) is 84.7 cm³/mol. The molecule has 0 radical (unpaired) electrons. The molecule has 0 aliphatic rings. The van der Waals surface area contributed by atoms with E-state index in [1.165, 1.54) is 0 Å². The lowest BCUT2D eigenvalue weighted by atomic mass is 10.1. The molecule has 0 aromatic heterocycles. The van der Waals surface area contributed by atoms with Crippen LogP contribution in [0.5, 0.6) is 0 Å². The number of thiocarbonyl (C=S) groups is 1. The van der Waals surface area contributed by atoms with Crippen LogP contribution in [0.4, 0.5) is 5.69 Å². The van der Waals surface area contributed by atoms with Gasteiger partial charge in [-0.3, -0.25) is 4.79 Å². The Labute approximate surface area is 124 Å². The Morgan fingerprint density at radius 3 is 2.68 bits per heavy atom. The number of carbonyl (C=O) groups excluding carboxylic acids is 1. The van der Waals surface area contributed by atoms with E-state index < -0.39 is 0 Å². The Morgan fingerprint density at radius 2 is 2.11 bits per heavy atom. The molecule has 0 atom stereocenters. The van der Waals surface area contributed by atoms with Gasteiger partial charge in [0, 0.05) is 12.0 Å². The van der Waals surface area contributed by atoms with Crippen LogP contribution < -0.4 is 11.1 Å². The predicted octanol–water partition coefficient (Wildman–Crippen LogP) is 3.88. The molecule has 0 bridgehead atoms. The molecule has 1 aromatic rings. The van der Waals surface area contributed by atoms with Crippen LogP contribution in [0.2, 0.25) is 5.02 Å². The highest BCUT2D eigenvalue weighted by atomic mass is 35.5. The Bertz CT molecular complexity index is 463. The Kier molecular flexibility index (Phi) is 6.81. The largest absolute Gasteiger partial charge is 0.389 e. The summed E-state index contributed by atoms with van der Waals surface area (Å²) in [6, 6.07) is 5.14. The number of nitrogens with one attached hydrogen (secondary N) is 1. The highest BCUT2D eigenvalue weighted by Gasteiger charge is 2.07. The number of hydrogen-bond donors (Lipinski definition) is 2. The van der Waals surface area contributed by atoms with Crippen molar-refractivity contribution in [2.45, 2.75) is 39.0 Å². The number of carbonyl (C=O) groups is 1. The normalized spacial score (nSPS) is 10.2. The first-order chi connectivity index (χ1) is 9.04. The average Bonchev–Trinajstić information content (AvgIpc) is 2.37. The van der Waals surface area contributed by atoms with E-state index in [0.29, 0.717) is 27.7 Å². The number of halogens is 1. The van der Waals surface area contributed by atoms with Crippen molar-refractivity contribution in [2.24, 2.45) is 5.73 Å². The molecule has 19 heavy (non-hydrogen) atoms. The summed E-state index contributed by atoms with van der Waals surface area (Å²) in [5.74, 6) is -0.0129. The molecular weight excluding hydrogens is 280 g/mol. The number of anilines is 1. The zero-order valence-electron chi connectivity index (χ0n) is 11.0. The van der Waals surface area contributed by atoms with E-state index in [1.807, 2.05) is 0 Å². The number of nitrogens with two attached hydrogens (primary N) is 1. The van der Waals surface area contributed by atoms with Crippen molar-refractivity contribution >= 4 is 40.4 Å². The molecule has 0 heterocycles. The highest BCUT2D eigenvalue weighted by Crippen LogP contribution is 2.23. The first kappa shape index (κ1) is 15.9. The van der Waals surface area contributed by atoms with Crippen LogP contribution in [0.3, 0.4) is 0 Å². The third-order valence-electron chi connectivity index (χ3n) is 2.79. The van der Waals surface area contributed by atoms with Crippen molar-refractivity contribution in [1.82, 2.24) is 0 Å². The van der Waals surface area contributed by atoms with Crippen LogP contribution in [0.1, 0.15) is 44.6 Å². The van der Waals surface area contributed by atoms with Crippen molar-refractivity contribution in [3.05, 3.63) is 28.8 Å². The van der Waals surface area contributed by atoms with Crippen LogP contribution in [-0.2, 0) is 4.79 Å². The lowest BCUT2D eigenvalue weighted by Gasteiger charge is -2.08. The summed E-state index contributed by atoms with van der Waals surface area (Å²) in [5, 5.41) is 3.25. The van der Waals surface area contributed by atoms with E-state index in [4.69, 9.17) is 29.6 Å². The second kappa shape index (κ2) is 8.12. The molecule has 0 saturated heterocycles. The van der Waals surface area contributed by atoms with E-state index in [1.54, 1.807) is 18.2 Å². The third kappa shape index (κ3) is 5.57. The van der Waals surface area contributed by atoms with Crippen LogP contribution in [0, 0.1) is 0 Å². The van der Waals surface area contributed by atoms with Gasteiger partial charge in [0.05, 0.1) is 10.7 Å². The fourth-order valence-electron chi connectivity index (χ4n) is 1.69. The Hall–Kier alpha value is -1.13. The Morgan fingerprint density at radius 1 is 1.37 bits per heavy atom. The van der Waals surface area contributed by atoms with Crippen molar-refractivity contribution < 1.29 is 4.79 Å². The fourth-order valence-corrected chi connectivity index (χ4v) is 2.05. The number of amides is 1. The maximum Gasteiger partial charge on any atom is 0.224 e. The van der Waals surface area contributed by atoms with Gasteiger partial charge in [0.2, 0.25) is 5.91 Å². The lowest BCUT2D eigenvalue weighted by molar-refractivity contribution is -0.116. The van der Waals surface area contributed by atoms with Crippen LogP contribution in [-0.4, -0.2) is 10.9 Å². The summed E-state index contributed by atoms with van der Waals surface area (Å²) in [7, 11) is 0. The summed E-state index contributed by atoms with van der Waals surface area (Å²) in [5.41, 5.74) is 6.81. The van der Waals surface area contributed by atoms with Gasteiger partial charge >= 0.3 is 0 Å². The number of unbranched alkanes of at least 4 members (excludes halogenated alkanes) is 3. The van der Waals surface area contributed by atoms with Crippen LogP contribution in [0.25, 0.3) is 0 Å². The molecule has 3 nitrogen and oxygen atoms in total. The fraction of sp³-hybridized carbons (Fsp3) is 0.429. The molecule has 0 fully saturated rings. The molecule has 1 aromatic carbocycles. The van der Waals surface area contributed by atoms with Gasteiger partial charge in [0.25, 0.3) is 0 Å². The standard InChI is InChI=1S/C14H19ClN2OS/c1-2-3-4-5-6-13(18)17-12-8-7-10(14(16)19)9-11(12)15/h7-9H,2-6H2,1H3,(H2,16,19)(H,17,18). The summed E-state index contributed by atoms with van der Waals surface area (Å²) in [6.07, 6.45) is 4.83. The van der Waals surface area contributed by atoms with Gasteiger partial charge in [-0.25, -0.2) is 0 Å². The molecule has 0 saturated carbocycles. The van der Waals surface area contributed by atoms with E-state index in [-0.39, 0.29) is 5.91 Å².